The standard InChI is InChI=1S/C13H8Cl2F3NO/c14-8-3-1-2-7(6-8)11(20)9-4-5-10(13(16,17)18)19-12(9)15/h1-6,11,20H. The molecule has 106 valence electrons. The molecular formula is C13H8Cl2F3NO. The van der Waals surface area contributed by atoms with Crippen LogP contribution in [0.15, 0.2) is 36.4 Å². The van der Waals surface area contributed by atoms with E-state index < -0.39 is 23.1 Å². The number of aliphatic hydroxyl groups excluding tert-OH is 1. The third-order valence-electron chi connectivity index (χ3n) is 2.63. The van der Waals surface area contributed by atoms with E-state index in [1.165, 1.54) is 6.07 Å². The Morgan fingerprint density at radius 3 is 2.35 bits per heavy atom. The highest BCUT2D eigenvalue weighted by molar-refractivity contribution is 6.31. The molecule has 1 heterocycles. The van der Waals surface area contributed by atoms with E-state index >= 15 is 0 Å². The lowest BCUT2D eigenvalue weighted by atomic mass is 10.0. The first kappa shape index (κ1) is 15.1. The van der Waals surface area contributed by atoms with Gasteiger partial charge in [-0.1, -0.05) is 41.4 Å². The molecule has 1 N–H and O–H groups in total. The van der Waals surface area contributed by atoms with Gasteiger partial charge in [-0.3, -0.25) is 0 Å². The van der Waals surface area contributed by atoms with Gasteiger partial charge in [0.05, 0.1) is 0 Å². The van der Waals surface area contributed by atoms with Gasteiger partial charge in [0.25, 0.3) is 0 Å². The molecule has 0 aliphatic heterocycles. The van der Waals surface area contributed by atoms with Gasteiger partial charge in [-0.15, -0.1) is 0 Å². The van der Waals surface area contributed by atoms with Gasteiger partial charge in [0.15, 0.2) is 0 Å². The number of benzene rings is 1. The molecular weight excluding hydrogens is 314 g/mol. The lowest BCUT2D eigenvalue weighted by molar-refractivity contribution is -0.141. The van der Waals surface area contributed by atoms with Crippen LogP contribution >= 0.6 is 23.2 Å². The van der Waals surface area contributed by atoms with Crippen molar-refractivity contribution in [2.24, 2.45) is 0 Å². The second kappa shape index (κ2) is 5.60. The van der Waals surface area contributed by atoms with Crippen LogP contribution in [-0.2, 0) is 6.18 Å². The summed E-state index contributed by atoms with van der Waals surface area (Å²) in [7, 11) is 0. The third-order valence-corrected chi connectivity index (χ3v) is 3.16. The molecule has 0 aliphatic rings. The van der Waals surface area contributed by atoms with Gasteiger partial charge in [0, 0.05) is 10.6 Å². The van der Waals surface area contributed by atoms with E-state index in [4.69, 9.17) is 23.2 Å². The maximum absolute atomic E-state index is 12.5. The minimum absolute atomic E-state index is 0.0851. The van der Waals surface area contributed by atoms with Gasteiger partial charge >= 0.3 is 6.18 Å². The number of hydrogen-bond donors (Lipinski definition) is 1. The van der Waals surface area contributed by atoms with Crippen LogP contribution in [0.1, 0.15) is 22.9 Å². The monoisotopic (exact) mass is 321 g/mol. The summed E-state index contributed by atoms with van der Waals surface area (Å²) in [6.07, 6.45) is -5.78. The number of pyridine rings is 1. The smallest absolute Gasteiger partial charge is 0.384 e. The van der Waals surface area contributed by atoms with Crippen molar-refractivity contribution < 1.29 is 18.3 Å². The molecule has 0 spiro atoms. The number of aliphatic hydroxyl groups is 1. The summed E-state index contributed by atoms with van der Waals surface area (Å²) in [5.41, 5.74) is -0.604. The molecule has 0 aliphatic carbocycles. The van der Waals surface area contributed by atoms with Crippen molar-refractivity contribution in [2.75, 3.05) is 0 Å². The van der Waals surface area contributed by atoms with Gasteiger partial charge in [-0.25, -0.2) is 4.98 Å². The SMILES string of the molecule is OC(c1cccc(Cl)c1)c1ccc(C(F)(F)F)nc1Cl. The van der Waals surface area contributed by atoms with Crippen LogP contribution in [0.3, 0.4) is 0 Å². The van der Waals surface area contributed by atoms with E-state index in [2.05, 4.69) is 4.98 Å². The fraction of sp³-hybridized carbons (Fsp3) is 0.154. The highest BCUT2D eigenvalue weighted by atomic mass is 35.5. The zero-order valence-electron chi connectivity index (χ0n) is 9.83. The predicted octanol–water partition coefficient (Wildman–Crippen LogP) is 4.49. The molecule has 2 nitrogen and oxygen atoms in total. The molecule has 7 heteroatoms. The molecule has 0 amide bonds. The summed E-state index contributed by atoms with van der Waals surface area (Å²) in [6, 6.07) is 8.19. The molecule has 0 bridgehead atoms. The first-order valence-electron chi connectivity index (χ1n) is 5.46. The molecule has 1 aromatic carbocycles. The van der Waals surface area contributed by atoms with Crippen LogP contribution < -0.4 is 0 Å². The topological polar surface area (TPSA) is 33.1 Å². The van der Waals surface area contributed by atoms with Crippen molar-refractivity contribution in [3.05, 3.63) is 63.4 Å². The minimum atomic E-state index is -4.58. The molecule has 20 heavy (non-hydrogen) atoms. The van der Waals surface area contributed by atoms with Crippen molar-refractivity contribution in [1.82, 2.24) is 4.98 Å². The number of hydrogen-bond acceptors (Lipinski definition) is 2. The lowest BCUT2D eigenvalue weighted by Gasteiger charge is -2.14. The minimum Gasteiger partial charge on any atom is -0.384 e. The maximum Gasteiger partial charge on any atom is 0.433 e. The van der Waals surface area contributed by atoms with Crippen LogP contribution in [0, 0.1) is 0 Å². The first-order valence-corrected chi connectivity index (χ1v) is 6.22. The largest absolute Gasteiger partial charge is 0.433 e. The quantitative estimate of drug-likeness (QED) is 0.827. The summed E-state index contributed by atoms with van der Waals surface area (Å²) < 4.78 is 37.4. The Hall–Kier alpha value is -1.30. The first-order chi connectivity index (χ1) is 9.29. The molecule has 0 saturated heterocycles. The van der Waals surface area contributed by atoms with E-state index in [1.807, 2.05) is 0 Å². The zero-order valence-corrected chi connectivity index (χ0v) is 11.3. The molecule has 2 rings (SSSR count). The van der Waals surface area contributed by atoms with Crippen molar-refractivity contribution in [3.63, 3.8) is 0 Å². The zero-order chi connectivity index (χ0) is 14.9. The van der Waals surface area contributed by atoms with E-state index in [-0.39, 0.29) is 5.56 Å². The Labute approximate surface area is 122 Å². The second-order valence-corrected chi connectivity index (χ2v) is 4.83. The Morgan fingerprint density at radius 1 is 1.10 bits per heavy atom. The van der Waals surface area contributed by atoms with Crippen molar-refractivity contribution in [3.8, 4) is 0 Å². The van der Waals surface area contributed by atoms with E-state index in [0.29, 0.717) is 10.6 Å². The third kappa shape index (κ3) is 3.23. The fourth-order valence-corrected chi connectivity index (χ4v) is 2.12. The van der Waals surface area contributed by atoms with E-state index in [9.17, 15) is 18.3 Å². The summed E-state index contributed by atoms with van der Waals surface area (Å²) in [5, 5.41) is 10.1. The van der Waals surface area contributed by atoms with E-state index in [1.54, 1.807) is 18.2 Å². The molecule has 2 aromatic rings. The van der Waals surface area contributed by atoms with Crippen LogP contribution in [0.4, 0.5) is 13.2 Å². The fourth-order valence-electron chi connectivity index (χ4n) is 1.66. The lowest BCUT2D eigenvalue weighted by Crippen LogP contribution is -2.10. The average molecular weight is 322 g/mol. The van der Waals surface area contributed by atoms with Gasteiger partial charge in [0.2, 0.25) is 0 Å². The Balaban J connectivity index is 2.38. The van der Waals surface area contributed by atoms with Crippen LogP contribution in [0.25, 0.3) is 0 Å². The predicted molar refractivity (Wildman–Crippen MR) is 69.8 cm³/mol. The van der Waals surface area contributed by atoms with Gasteiger partial charge < -0.3 is 5.11 Å². The van der Waals surface area contributed by atoms with Crippen molar-refractivity contribution >= 4 is 23.2 Å². The summed E-state index contributed by atoms with van der Waals surface area (Å²) >= 11 is 11.5. The number of halogens is 5. The summed E-state index contributed by atoms with van der Waals surface area (Å²) in [6.45, 7) is 0. The number of rotatable bonds is 2. The molecule has 1 unspecified atom stereocenters. The highest BCUT2D eigenvalue weighted by Crippen LogP contribution is 2.33. The normalized spacial score (nSPS) is 13.3. The Kier molecular flexibility index (Phi) is 4.22. The summed E-state index contributed by atoms with van der Waals surface area (Å²) in [4.78, 5) is 3.26. The van der Waals surface area contributed by atoms with Crippen LogP contribution in [0.2, 0.25) is 10.2 Å². The van der Waals surface area contributed by atoms with Crippen LogP contribution in [0.5, 0.6) is 0 Å². The molecule has 1 atom stereocenters. The molecule has 0 saturated carbocycles. The number of aromatic nitrogens is 1. The van der Waals surface area contributed by atoms with Gasteiger partial charge in [-0.05, 0) is 23.8 Å². The number of alkyl halides is 3. The molecule has 1 aromatic heterocycles. The highest BCUT2D eigenvalue weighted by Gasteiger charge is 2.33. The van der Waals surface area contributed by atoms with Gasteiger partial charge in [0.1, 0.15) is 17.0 Å². The maximum atomic E-state index is 12.5. The average Bonchev–Trinajstić information content (AvgIpc) is 2.36. The molecule has 0 fully saturated rings. The molecule has 0 radical (unpaired) electrons. The van der Waals surface area contributed by atoms with Crippen molar-refractivity contribution in [1.29, 1.82) is 0 Å². The number of nitrogens with zero attached hydrogens (tertiary/aromatic N) is 1. The summed E-state index contributed by atoms with van der Waals surface area (Å²) in [5.74, 6) is 0. The van der Waals surface area contributed by atoms with Gasteiger partial charge in [-0.2, -0.15) is 13.2 Å². The Morgan fingerprint density at radius 2 is 1.80 bits per heavy atom. The van der Waals surface area contributed by atoms with Crippen molar-refractivity contribution in [2.45, 2.75) is 12.3 Å². The Bertz CT molecular complexity index is 631. The second-order valence-electron chi connectivity index (χ2n) is 4.03. The van der Waals surface area contributed by atoms with Crippen LogP contribution in [-0.4, -0.2) is 10.1 Å². The van der Waals surface area contributed by atoms with E-state index in [0.717, 1.165) is 12.1 Å².